The summed E-state index contributed by atoms with van der Waals surface area (Å²) in [6.45, 7) is 6.52. The van der Waals surface area contributed by atoms with Crippen LogP contribution in [0.25, 0.3) is 11.4 Å². The summed E-state index contributed by atoms with van der Waals surface area (Å²) < 4.78 is 3.95. The molecule has 0 aliphatic rings. The van der Waals surface area contributed by atoms with Gasteiger partial charge in [0.05, 0.1) is 12.0 Å². The molecule has 6 nitrogen and oxygen atoms in total. The van der Waals surface area contributed by atoms with E-state index in [1.54, 1.807) is 6.21 Å². The lowest BCUT2D eigenvalue weighted by atomic mass is 10.2. The first-order chi connectivity index (χ1) is 14.4. The van der Waals surface area contributed by atoms with Gasteiger partial charge in [-0.1, -0.05) is 80.0 Å². The van der Waals surface area contributed by atoms with Crippen LogP contribution >= 0.6 is 43.6 Å². The van der Waals surface area contributed by atoms with Crippen LogP contribution in [0.3, 0.4) is 0 Å². The molecule has 3 aromatic rings. The highest BCUT2D eigenvalue weighted by Crippen LogP contribution is 2.26. The van der Waals surface area contributed by atoms with Crippen LogP contribution in [0.5, 0.6) is 0 Å². The monoisotopic (exact) mass is 547 g/mol. The molecule has 2 aromatic carbocycles. The Kier molecular flexibility index (Phi) is 8.01. The summed E-state index contributed by atoms with van der Waals surface area (Å²) in [6.07, 6.45) is 1.60. The minimum atomic E-state index is -0.219. The lowest BCUT2D eigenvalue weighted by molar-refractivity contribution is -0.118. The van der Waals surface area contributed by atoms with Crippen molar-refractivity contribution in [2.45, 2.75) is 18.6 Å². The third-order valence-corrected chi connectivity index (χ3v) is 5.88. The molecule has 1 N–H and O–H groups in total. The predicted octanol–water partition coefficient (Wildman–Crippen LogP) is 5.29. The van der Waals surface area contributed by atoms with E-state index in [-0.39, 0.29) is 11.7 Å². The van der Waals surface area contributed by atoms with Crippen molar-refractivity contribution in [1.29, 1.82) is 0 Å². The van der Waals surface area contributed by atoms with Crippen LogP contribution < -0.4 is 5.43 Å². The molecule has 30 heavy (non-hydrogen) atoms. The number of benzene rings is 2. The fraction of sp³-hybridized carbons (Fsp3) is 0.143. The first-order valence-corrected chi connectivity index (χ1v) is 11.5. The van der Waals surface area contributed by atoms with Gasteiger partial charge in [0.1, 0.15) is 0 Å². The van der Waals surface area contributed by atoms with Gasteiger partial charge in [-0.2, -0.15) is 5.10 Å². The Hall–Kier alpha value is -2.23. The van der Waals surface area contributed by atoms with Gasteiger partial charge in [0.15, 0.2) is 11.0 Å². The average molecular weight is 549 g/mol. The lowest BCUT2D eigenvalue weighted by Crippen LogP contribution is -2.20. The zero-order valence-electron chi connectivity index (χ0n) is 16.2. The van der Waals surface area contributed by atoms with Crippen molar-refractivity contribution in [2.24, 2.45) is 5.10 Å². The Labute approximate surface area is 196 Å². The predicted molar refractivity (Wildman–Crippen MR) is 129 cm³/mol. The van der Waals surface area contributed by atoms with Crippen LogP contribution in [0, 0.1) is 0 Å². The summed E-state index contributed by atoms with van der Waals surface area (Å²) in [6, 6.07) is 15.5. The molecule has 0 aliphatic carbocycles. The zero-order chi connectivity index (χ0) is 21.5. The number of thioether (sulfide) groups is 1. The van der Waals surface area contributed by atoms with Crippen LogP contribution in [0.4, 0.5) is 0 Å². The molecule has 0 saturated heterocycles. The third-order valence-electron chi connectivity index (χ3n) is 3.85. The van der Waals surface area contributed by atoms with Crippen molar-refractivity contribution in [3.8, 4) is 11.4 Å². The molecule has 0 atom stereocenters. The number of carbonyl (C=O) groups is 1. The van der Waals surface area contributed by atoms with Gasteiger partial charge in [-0.3, -0.25) is 9.36 Å². The number of hydrogen-bond acceptors (Lipinski definition) is 5. The van der Waals surface area contributed by atoms with Crippen molar-refractivity contribution < 1.29 is 4.79 Å². The molecule has 1 aromatic heterocycles. The Morgan fingerprint density at radius 3 is 2.40 bits per heavy atom. The molecule has 9 heteroatoms. The van der Waals surface area contributed by atoms with Crippen LogP contribution in [0.1, 0.15) is 12.5 Å². The molecule has 0 fully saturated rings. The minimum Gasteiger partial charge on any atom is -0.298 e. The van der Waals surface area contributed by atoms with E-state index in [9.17, 15) is 4.79 Å². The van der Waals surface area contributed by atoms with E-state index in [0.29, 0.717) is 11.7 Å². The van der Waals surface area contributed by atoms with Gasteiger partial charge >= 0.3 is 0 Å². The summed E-state index contributed by atoms with van der Waals surface area (Å²) in [7, 11) is 0. The van der Waals surface area contributed by atoms with Gasteiger partial charge in [0.25, 0.3) is 5.91 Å². The van der Waals surface area contributed by atoms with E-state index < -0.39 is 0 Å². The summed E-state index contributed by atoms with van der Waals surface area (Å²) in [5.74, 6) is 0.692. The molecule has 0 bridgehead atoms. The number of nitrogens with one attached hydrogen (secondary N) is 1. The third kappa shape index (κ3) is 6.38. The molecule has 0 unspecified atom stereocenters. The molecular formula is C21H19Br2N5OS. The zero-order valence-corrected chi connectivity index (χ0v) is 20.2. The fourth-order valence-electron chi connectivity index (χ4n) is 2.51. The summed E-state index contributed by atoms with van der Waals surface area (Å²) in [4.78, 5) is 12.2. The number of aromatic nitrogens is 3. The summed E-state index contributed by atoms with van der Waals surface area (Å²) in [5, 5.41) is 13.3. The van der Waals surface area contributed by atoms with Crippen molar-refractivity contribution in [3.63, 3.8) is 0 Å². The second-order valence-corrected chi connectivity index (χ2v) is 9.26. The molecule has 0 saturated carbocycles. The maximum absolute atomic E-state index is 12.2. The van der Waals surface area contributed by atoms with Crippen molar-refractivity contribution in [1.82, 2.24) is 20.2 Å². The minimum absolute atomic E-state index is 0.173. The second-order valence-electron chi connectivity index (χ2n) is 6.49. The number of hydrogen-bond donors (Lipinski definition) is 1. The van der Waals surface area contributed by atoms with E-state index in [4.69, 9.17) is 0 Å². The maximum Gasteiger partial charge on any atom is 0.250 e. The number of amides is 1. The van der Waals surface area contributed by atoms with Crippen molar-refractivity contribution in [2.75, 3.05) is 5.75 Å². The largest absolute Gasteiger partial charge is 0.298 e. The second kappa shape index (κ2) is 10.7. The topological polar surface area (TPSA) is 72.2 Å². The Balaban J connectivity index is 1.65. The van der Waals surface area contributed by atoms with Gasteiger partial charge in [0, 0.05) is 21.1 Å². The van der Waals surface area contributed by atoms with Crippen LogP contribution in [-0.2, 0) is 11.3 Å². The number of rotatable bonds is 8. The molecule has 3 rings (SSSR count). The standard InChI is InChI=1S/C21H19Br2N5OS/c1-14(2)12-28-20(16-5-9-18(23)10-6-16)26-27-21(28)30-13-19(29)25-24-11-15-3-7-17(22)8-4-15/h3-11H,1,12-13H2,2H3,(H,25,29). The Bertz CT molecular complexity index is 1060. The smallest absolute Gasteiger partial charge is 0.250 e. The summed E-state index contributed by atoms with van der Waals surface area (Å²) >= 11 is 8.14. The lowest BCUT2D eigenvalue weighted by Gasteiger charge is -2.10. The van der Waals surface area contributed by atoms with Gasteiger partial charge in [0.2, 0.25) is 0 Å². The summed E-state index contributed by atoms with van der Waals surface area (Å²) in [5.41, 5.74) is 5.35. The normalized spacial score (nSPS) is 11.0. The number of nitrogens with zero attached hydrogens (tertiary/aromatic N) is 4. The highest BCUT2D eigenvalue weighted by molar-refractivity contribution is 9.10. The van der Waals surface area contributed by atoms with Crippen molar-refractivity contribution >= 4 is 55.7 Å². The first-order valence-electron chi connectivity index (χ1n) is 8.96. The van der Waals surface area contributed by atoms with E-state index in [0.717, 1.165) is 31.5 Å². The number of carbonyl (C=O) groups excluding carboxylic acids is 1. The van der Waals surface area contributed by atoms with E-state index >= 15 is 0 Å². The van der Waals surface area contributed by atoms with Gasteiger partial charge in [-0.15, -0.1) is 10.2 Å². The number of halogens is 2. The van der Waals surface area contributed by atoms with Crippen LogP contribution in [0.15, 0.2) is 79.9 Å². The molecule has 1 amide bonds. The fourth-order valence-corrected chi connectivity index (χ4v) is 3.77. The quantitative estimate of drug-likeness (QED) is 0.180. The van der Waals surface area contributed by atoms with E-state index in [1.165, 1.54) is 11.8 Å². The number of hydrazone groups is 1. The molecular weight excluding hydrogens is 530 g/mol. The highest BCUT2D eigenvalue weighted by atomic mass is 79.9. The van der Waals surface area contributed by atoms with Crippen molar-refractivity contribution in [3.05, 3.63) is 75.2 Å². The Morgan fingerprint density at radius 2 is 1.77 bits per heavy atom. The molecule has 154 valence electrons. The number of allylic oxidation sites excluding steroid dienone is 1. The molecule has 0 radical (unpaired) electrons. The van der Waals surface area contributed by atoms with E-state index in [2.05, 4.69) is 59.2 Å². The van der Waals surface area contributed by atoms with Gasteiger partial charge in [-0.25, -0.2) is 5.43 Å². The SMILES string of the molecule is C=C(C)Cn1c(SCC(=O)NN=Cc2ccc(Br)cc2)nnc1-c1ccc(Br)cc1. The Morgan fingerprint density at radius 1 is 1.13 bits per heavy atom. The highest BCUT2D eigenvalue weighted by Gasteiger charge is 2.15. The molecule has 0 aliphatic heterocycles. The van der Waals surface area contributed by atoms with Gasteiger partial charge < -0.3 is 0 Å². The first kappa shape index (κ1) is 22.5. The molecule has 1 heterocycles. The van der Waals surface area contributed by atoms with Crippen LogP contribution in [0.2, 0.25) is 0 Å². The van der Waals surface area contributed by atoms with E-state index in [1.807, 2.05) is 60.0 Å². The average Bonchev–Trinajstić information content (AvgIpc) is 3.10. The maximum atomic E-state index is 12.2. The van der Waals surface area contributed by atoms with Gasteiger partial charge in [-0.05, 0) is 36.8 Å². The van der Waals surface area contributed by atoms with Crippen LogP contribution in [-0.4, -0.2) is 32.6 Å². The molecule has 0 spiro atoms.